The molecule has 166 valence electrons. The zero-order valence-corrected chi connectivity index (χ0v) is 17.2. The molecule has 0 aliphatic heterocycles. The molecule has 0 bridgehead atoms. The average molecular weight is 458 g/mol. The van der Waals surface area contributed by atoms with Crippen LogP contribution in [-0.4, -0.2) is 54.0 Å². The number of nitrogens with zero attached hydrogens (tertiary/aromatic N) is 1. The monoisotopic (exact) mass is 458 g/mol. The minimum absolute atomic E-state index is 0.205. The molecule has 1 atom stereocenters. The fraction of sp³-hybridized carbons (Fsp3) is 0.400. The number of fused-ring (bicyclic) bond motifs is 1. The number of phosphoric acid groups is 2. The molecule has 0 aliphatic rings. The van der Waals surface area contributed by atoms with Crippen molar-refractivity contribution in [2.75, 3.05) is 18.9 Å². The van der Waals surface area contributed by atoms with Crippen LogP contribution in [0.1, 0.15) is 23.9 Å². The molecule has 2 rings (SSSR count). The Hall–Kier alpha value is -1.59. The summed E-state index contributed by atoms with van der Waals surface area (Å²) in [7, 11) is -11.8. The van der Waals surface area contributed by atoms with Crippen LogP contribution in [0, 0.1) is 0 Å². The Morgan fingerprint density at radius 3 is 2.31 bits per heavy atom. The van der Waals surface area contributed by atoms with E-state index in [1.807, 2.05) is 12.1 Å². The average Bonchev–Trinajstić information content (AvgIpc) is 2.55. The minimum atomic E-state index is -4.64. The lowest BCUT2D eigenvalue weighted by Crippen LogP contribution is -2.17. The molecule has 0 saturated heterocycles. The Bertz CT molecular complexity index is 901. The van der Waals surface area contributed by atoms with Gasteiger partial charge < -0.3 is 45.1 Å². The lowest BCUT2D eigenvalue weighted by molar-refractivity contribution is 0.272. The number of hydrogen-bond donors (Lipinski definition) is 8. The number of nitrogens with one attached hydrogen (secondary N) is 1. The Balaban J connectivity index is 0.000000805. The van der Waals surface area contributed by atoms with Crippen LogP contribution < -0.4 is 15.8 Å². The third-order valence-electron chi connectivity index (χ3n) is 3.04. The molecule has 0 saturated carbocycles. The van der Waals surface area contributed by atoms with E-state index in [1.165, 1.54) is 0 Å². The van der Waals surface area contributed by atoms with Gasteiger partial charge in [0.25, 0.3) is 0 Å². The number of ether oxygens (including phenoxy) is 1. The number of nitrogens with two attached hydrogens (primary N) is 1. The van der Waals surface area contributed by atoms with E-state index in [9.17, 15) is 0 Å². The van der Waals surface area contributed by atoms with Gasteiger partial charge >= 0.3 is 15.6 Å². The number of rotatable bonds is 6. The standard InChI is InChI=1S/C15H21N3O.2H3O4P/c1-11(5-3-7-16)18-14-10-13(19-2)9-12-6-4-8-17-15(12)14;2*1-5(2,3)4/h4,6,8-11,18H,3,5,7,16H2,1-2H3;2*(H3,1,2,3,4)/i2D3;;. The van der Waals surface area contributed by atoms with Gasteiger partial charge in [-0.1, -0.05) is 6.07 Å². The summed E-state index contributed by atoms with van der Waals surface area (Å²) < 4.78 is 44.5. The van der Waals surface area contributed by atoms with Gasteiger partial charge in [-0.2, -0.15) is 0 Å². The Labute approximate surface area is 172 Å². The van der Waals surface area contributed by atoms with Crippen LogP contribution in [0.15, 0.2) is 30.5 Å². The fourth-order valence-corrected chi connectivity index (χ4v) is 2.10. The Kier molecular flexibility index (Phi) is 9.80. The smallest absolute Gasteiger partial charge is 0.466 e. The van der Waals surface area contributed by atoms with Crippen LogP contribution in [0.5, 0.6) is 5.75 Å². The van der Waals surface area contributed by atoms with Gasteiger partial charge in [-0.25, -0.2) is 9.13 Å². The summed E-state index contributed by atoms with van der Waals surface area (Å²) in [5.41, 5.74) is 7.09. The molecule has 29 heavy (non-hydrogen) atoms. The van der Waals surface area contributed by atoms with Crippen molar-refractivity contribution >= 4 is 32.2 Å². The van der Waals surface area contributed by atoms with Gasteiger partial charge in [0.2, 0.25) is 0 Å². The van der Waals surface area contributed by atoms with Gasteiger partial charge in [-0.05, 0) is 38.4 Å². The van der Waals surface area contributed by atoms with E-state index in [-0.39, 0.29) is 6.04 Å². The highest BCUT2D eigenvalue weighted by molar-refractivity contribution is 7.45. The number of anilines is 1. The first-order valence-electron chi connectivity index (χ1n) is 9.50. The topological polar surface area (TPSA) is 216 Å². The second-order valence-electron chi connectivity index (χ2n) is 5.65. The summed E-state index contributed by atoms with van der Waals surface area (Å²) in [5.74, 6) is 0.300. The van der Waals surface area contributed by atoms with Crippen molar-refractivity contribution in [1.82, 2.24) is 4.98 Å². The molecule has 1 unspecified atom stereocenters. The lowest BCUT2D eigenvalue weighted by Gasteiger charge is -2.17. The molecule has 2 aromatic rings. The third kappa shape index (κ3) is 16.0. The summed E-state index contributed by atoms with van der Waals surface area (Å²) in [5, 5.41) is 4.20. The normalized spacial score (nSPS) is 14.1. The maximum Gasteiger partial charge on any atom is 0.466 e. The molecule has 0 radical (unpaired) electrons. The van der Waals surface area contributed by atoms with Crippen molar-refractivity contribution in [3.8, 4) is 5.75 Å². The molecular formula is C15H27N3O9P2. The molecule has 12 nitrogen and oxygen atoms in total. The van der Waals surface area contributed by atoms with Crippen LogP contribution in [0.4, 0.5) is 5.69 Å². The van der Waals surface area contributed by atoms with Crippen LogP contribution in [0.3, 0.4) is 0 Å². The zero-order valence-electron chi connectivity index (χ0n) is 18.4. The molecule has 0 amide bonds. The zero-order chi connectivity index (χ0) is 25.2. The number of benzene rings is 1. The summed E-state index contributed by atoms with van der Waals surface area (Å²) in [6.07, 6.45) is 3.56. The second kappa shape index (κ2) is 12.9. The highest BCUT2D eigenvalue weighted by Gasteiger charge is 2.08. The van der Waals surface area contributed by atoms with Crippen LogP contribution >= 0.6 is 15.6 Å². The van der Waals surface area contributed by atoms with Crippen molar-refractivity contribution in [2.24, 2.45) is 5.73 Å². The van der Waals surface area contributed by atoms with E-state index in [4.69, 9.17) is 53.1 Å². The highest BCUT2D eigenvalue weighted by Crippen LogP contribution is 2.28. The van der Waals surface area contributed by atoms with Gasteiger partial charge in [-0.15, -0.1) is 0 Å². The Morgan fingerprint density at radius 1 is 1.21 bits per heavy atom. The van der Waals surface area contributed by atoms with Crippen LogP contribution in [0.2, 0.25) is 0 Å². The minimum Gasteiger partial charge on any atom is -0.497 e. The largest absolute Gasteiger partial charge is 0.497 e. The number of hydrogen-bond acceptors (Lipinski definition) is 6. The molecule has 14 heteroatoms. The summed E-state index contributed by atoms with van der Waals surface area (Å²) in [6.45, 7) is 2.70. The van der Waals surface area contributed by atoms with Crippen molar-refractivity contribution in [1.29, 1.82) is 0 Å². The van der Waals surface area contributed by atoms with E-state index < -0.39 is 22.7 Å². The van der Waals surface area contributed by atoms with Gasteiger partial charge in [0.15, 0.2) is 0 Å². The molecule has 0 fully saturated rings. The van der Waals surface area contributed by atoms with Crippen molar-refractivity contribution < 1.29 is 47.3 Å². The molecule has 0 spiro atoms. The Morgan fingerprint density at radius 2 is 1.79 bits per heavy atom. The van der Waals surface area contributed by atoms with Gasteiger partial charge in [0.1, 0.15) is 5.75 Å². The molecular weight excluding hydrogens is 428 g/mol. The van der Waals surface area contributed by atoms with Crippen molar-refractivity contribution in [3.05, 3.63) is 30.5 Å². The lowest BCUT2D eigenvalue weighted by atomic mass is 10.1. The molecule has 1 heterocycles. The predicted octanol–water partition coefficient (Wildman–Crippen LogP) is 0.925. The predicted molar refractivity (Wildman–Crippen MR) is 108 cm³/mol. The second-order valence-corrected chi connectivity index (χ2v) is 7.70. The number of pyridine rings is 1. The van der Waals surface area contributed by atoms with Crippen LogP contribution in [0.25, 0.3) is 10.9 Å². The van der Waals surface area contributed by atoms with Gasteiger partial charge in [0, 0.05) is 23.7 Å². The van der Waals surface area contributed by atoms with E-state index >= 15 is 0 Å². The molecule has 0 aliphatic carbocycles. The van der Waals surface area contributed by atoms with E-state index in [0.29, 0.717) is 12.3 Å². The fourth-order valence-electron chi connectivity index (χ4n) is 2.10. The van der Waals surface area contributed by atoms with Crippen molar-refractivity contribution in [2.45, 2.75) is 25.8 Å². The van der Waals surface area contributed by atoms with Gasteiger partial charge in [-0.3, -0.25) is 4.98 Å². The number of aromatic nitrogens is 1. The molecule has 9 N–H and O–H groups in total. The summed E-state index contributed by atoms with van der Waals surface area (Å²) >= 11 is 0. The highest BCUT2D eigenvalue weighted by atomic mass is 31.2. The van der Waals surface area contributed by atoms with E-state index in [0.717, 1.165) is 29.4 Å². The first kappa shape index (κ1) is 22.1. The molecule has 1 aromatic carbocycles. The SMILES string of the molecule is O=P(O)(O)O.O=P(O)(O)O.[2H]C([2H])([2H])Oc1cc(NC(C)CCCN)c2ncccc2c1. The van der Waals surface area contributed by atoms with Crippen molar-refractivity contribution in [3.63, 3.8) is 0 Å². The quantitative estimate of drug-likeness (QED) is 0.284. The summed E-state index contributed by atoms with van der Waals surface area (Å²) in [6, 6.07) is 7.26. The first-order valence-corrected chi connectivity index (χ1v) is 11.1. The summed E-state index contributed by atoms with van der Waals surface area (Å²) in [4.78, 5) is 47.5. The van der Waals surface area contributed by atoms with E-state index in [1.54, 1.807) is 18.3 Å². The van der Waals surface area contributed by atoms with Crippen LogP contribution in [-0.2, 0) is 9.13 Å². The molecule has 1 aromatic heterocycles. The third-order valence-corrected chi connectivity index (χ3v) is 3.04. The van der Waals surface area contributed by atoms with E-state index in [2.05, 4.69) is 17.2 Å². The maximum absolute atomic E-state index is 8.88. The number of methoxy groups -OCH3 is 1. The maximum atomic E-state index is 8.88. The first-order chi connectivity index (χ1) is 14.4. The van der Waals surface area contributed by atoms with Gasteiger partial charge in [0.05, 0.1) is 22.4 Å².